The fraction of sp³-hybridized carbons (Fsp3) is 0.167. The van der Waals surface area contributed by atoms with Crippen molar-refractivity contribution in [2.45, 2.75) is 0 Å². The van der Waals surface area contributed by atoms with E-state index in [0.717, 1.165) is 23.9 Å². The smallest absolute Gasteiger partial charge is 0.0338 e. The first-order chi connectivity index (χ1) is 6.77. The molecule has 0 unspecified atom stereocenters. The standard InChI is InChI=1S/C11H13N.CH4O/c1-4-10-5-7-11(8-6-10)9(2)12-3;1-2/h4-8,12H,1-2H2,3H3;2H,1H3. The molecule has 2 N–H and O–H groups in total. The van der Waals surface area contributed by atoms with Crippen LogP contribution in [0.25, 0.3) is 11.8 Å². The van der Waals surface area contributed by atoms with Crippen molar-refractivity contribution in [3.8, 4) is 0 Å². The second-order valence-electron chi connectivity index (χ2n) is 2.55. The van der Waals surface area contributed by atoms with Gasteiger partial charge in [-0.05, 0) is 11.1 Å². The number of aliphatic hydroxyl groups is 1. The molecule has 0 aliphatic rings. The largest absolute Gasteiger partial charge is 0.400 e. The van der Waals surface area contributed by atoms with Crippen LogP contribution in [-0.2, 0) is 0 Å². The van der Waals surface area contributed by atoms with E-state index in [0.29, 0.717) is 0 Å². The molecule has 0 saturated heterocycles. The number of benzene rings is 1. The van der Waals surface area contributed by atoms with Crippen LogP contribution >= 0.6 is 0 Å². The summed E-state index contributed by atoms with van der Waals surface area (Å²) in [4.78, 5) is 0. The third-order valence-corrected chi connectivity index (χ3v) is 1.80. The third-order valence-electron chi connectivity index (χ3n) is 1.80. The molecule has 0 radical (unpaired) electrons. The average molecular weight is 191 g/mol. The van der Waals surface area contributed by atoms with Crippen LogP contribution in [-0.4, -0.2) is 19.3 Å². The number of hydrogen-bond donors (Lipinski definition) is 2. The quantitative estimate of drug-likeness (QED) is 0.767. The first-order valence-electron chi connectivity index (χ1n) is 4.32. The molecule has 76 valence electrons. The van der Waals surface area contributed by atoms with E-state index < -0.39 is 0 Å². The zero-order valence-electron chi connectivity index (χ0n) is 8.75. The normalized spacial score (nSPS) is 8.21. The predicted molar refractivity (Wildman–Crippen MR) is 62.8 cm³/mol. The second-order valence-corrected chi connectivity index (χ2v) is 2.55. The van der Waals surface area contributed by atoms with E-state index in [1.165, 1.54) is 0 Å². The van der Waals surface area contributed by atoms with Crippen LogP contribution in [0.3, 0.4) is 0 Å². The summed E-state index contributed by atoms with van der Waals surface area (Å²) in [6.07, 6.45) is 1.83. The van der Waals surface area contributed by atoms with E-state index in [-0.39, 0.29) is 0 Å². The maximum atomic E-state index is 7.00. The predicted octanol–water partition coefficient (Wildman–Crippen LogP) is 2.13. The van der Waals surface area contributed by atoms with E-state index in [1.807, 2.05) is 37.4 Å². The Bertz CT molecular complexity index is 288. The minimum absolute atomic E-state index is 0.936. The van der Waals surface area contributed by atoms with E-state index in [2.05, 4.69) is 18.5 Å². The lowest BCUT2D eigenvalue weighted by Gasteiger charge is -2.04. The summed E-state index contributed by atoms with van der Waals surface area (Å²) in [6, 6.07) is 8.08. The topological polar surface area (TPSA) is 32.3 Å². The summed E-state index contributed by atoms with van der Waals surface area (Å²) < 4.78 is 0. The highest BCUT2D eigenvalue weighted by Gasteiger charge is 1.93. The zero-order valence-corrected chi connectivity index (χ0v) is 8.75. The maximum absolute atomic E-state index is 7.00. The molecule has 0 atom stereocenters. The molecule has 0 spiro atoms. The Morgan fingerprint density at radius 3 is 2.14 bits per heavy atom. The summed E-state index contributed by atoms with van der Waals surface area (Å²) in [7, 11) is 2.86. The van der Waals surface area contributed by atoms with Crippen molar-refractivity contribution >= 4 is 11.8 Å². The first kappa shape index (κ1) is 12.5. The summed E-state index contributed by atoms with van der Waals surface area (Å²) >= 11 is 0. The van der Waals surface area contributed by atoms with Gasteiger partial charge in [-0.25, -0.2) is 0 Å². The van der Waals surface area contributed by atoms with Crippen molar-refractivity contribution in [2.75, 3.05) is 14.2 Å². The highest BCUT2D eigenvalue weighted by atomic mass is 16.2. The van der Waals surface area contributed by atoms with Gasteiger partial charge in [-0.1, -0.05) is 43.5 Å². The number of aliphatic hydroxyl groups excluding tert-OH is 1. The van der Waals surface area contributed by atoms with Crippen LogP contribution in [0.15, 0.2) is 37.4 Å². The van der Waals surface area contributed by atoms with Crippen LogP contribution in [0.1, 0.15) is 11.1 Å². The molecule has 0 fully saturated rings. The average Bonchev–Trinajstić information content (AvgIpc) is 2.31. The van der Waals surface area contributed by atoms with Gasteiger partial charge >= 0.3 is 0 Å². The molecule has 2 nitrogen and oxygen atoms in total. The number of nitrogens with one attached hydrogen (secondary N) is 1. The van der Waals surface area contributed by atoms with Crippen molar-refractivity contribution in [2.24, 2.45) is 0 Å². The van der Waals surface area contributed by atoms with Gasteiger partial charge in [0.2, 0.25) is 0 Å². The molecule has 0 heterocycles. The highest BCUT2D eigenvalue weighted by molar-refractivity contribution is 5.63. The van der Waals surface area contributed by atoms with E-state index in [9.17, 15) is 0 Å². The molecule has 0 aliphatic heterocycles. The fourth-order valence-corrected chi connectivity index (χ4v) is 0.965. The molecular weight excluding hydrogens is 174 g/mol. The van der Waals surface area contributed by atoms with Gasteiger partial charge in [-0.2, -0.15) is 0 Å². The summed E-state index contributed by atoms with van der Waals surface area (Å²) in [5.74, 6) is 0. The Morgan fingerprint density at radius 2 is 1.79 bits per heavy atom. The summed E-state index contributed by atoms with van der Waals surface area (Å²) in [5.41, 5.74) is 3.18. The zero-order chi connectivity index (χ0) is 11.0. The molecule has 0 bridgehead atoms. The van der Waals surface area contributed by atoms with Crippen molar-refractivity contribution < 1.29 is 5.11 Å². The SMILES string of the molecule is C=Cc1ccc(C(=C)NC)cc1.CO. The monoisotopic (exact) mass is 191 g/mol. The Morgan fingerprint density at radius 1 is 1.29 bits per heavy atom. The Kier molecular flexibility index (Phi) is 6.16. The van der Waals surface area contributed by atoms with Crippen LogP contribution < -0.4 is 5.32 Å². The van der Waals surface area contributed by atoms with Crippen molar-refractivity contribution in [3.63, 3.8) is 0 Å². The molecule has 0 saturated carbocycles. The molecule has 1 aromatic rings. The van der Waals surface area contributed by atoms with Gasteiger partial charge in [0.25, 0.3) is 0 Å². The molecule has 14 heavy (non-hydrogen) atoms. The van der Waals surface area contributed by atoms with Crippen molar-refractivity contribution in [3.05, 3.63) is 48.6 Å². The van der Waals surface area contributed by atoms with Gasteiger partial charge in [-0.15, -0.1) is 0 Å². The van der Waals surface area contributed by atoms with E-state index in [4.69, 9.17) is 5.11 Å². The molecular formula is C12H17NO. The summed E-state index contributed by atoms with van der Waals surface area (Å²) in [6.45, 7) is 7.55. The van der Waals surface area contributed by atoms with Crippen molar-refractivity contribution in [1.82, 2.24) is 5.32 Å². The third kappa shape index (κ3) is 3.46. The molecule has 1 rings (SSSR count). The minimum atomic E-state index is 0.936. The molecule has 0 aromatic heterocycles. The minimum Gasteiger partial charge on any atom is -0.400 e. The maximum Gasteiger partial charge on any atom is 0.0338 e. The van der Waals surface area contributed by atoms with Gasteiger partial charge in [-0.3, -0.25) is 0 Å². The highest BCUT2D eigenvalue weighted by Crippen LogP contribution is 2.10. The Hall–Kier alpha value is -1.54. The Labute approximate surface area is 85.6 Å². The van der Waals surface area contributed by atoms with Crippen molar-refractivity contribution in [1.29, 1.82) is 0 Å². The van der Waals surface area contributed by atoms with Crippen LogP contribution in [0.2, 0.25) is 0 Å². The van der Waals surface area contributed by atoms with Gasteiger partial charge in [0, 0.05) is 19.9 Å². The van der Waals surface area contributed by atoms with Crippen LogP contribution in [0, 0.1) is 0 Å². The van der Waals surface area contributed by atoms with Crippen LogP contribution in [0.5, 0.6) is 0 Å². The fourth-order valence-electron chi connectivity index (χ4n) is 0.965. The van der Waals surface area contributed by atoms with Crippen LogP contribution in [0.4, 0.5) is 0 Å². The number of rotatable bonds is 3. The molecule has 0 amide bonds. The van der Waals surface area contributed by atoms with E-state index >= 15 is 0 Å². The number of hydrogen-bond acceptors (Lipinski definition) is 2. The lowest BCUT2D eigenvalue weighted by molar-refractivity contribution is 0.399. The summed E-state index contributed by atoms with van der Waals surface area (Å²) in [5, 5.41) is 10.00. The lowest BCUT2D eigenvalue weighted by Crippen LogP contribution is -2.02. The van der Waals surface area contributed by atoms with Gasteiger partial charge < -0.3 is 10.4 Å². The Balaban J connectivity index is 0.000000791. The van der Waals surface area contributed by atoms with E-state index in [1.54, 1.807) is 0 Å². The lowest BCUT2D eigenvalue weighted by atomic mass is 10.1. The first-order valence-corrected chi connectivity index (χ1v) is 4.32. The second kappa shape index (κ2) is 6.92. The molecule has 2 heteroatoms. The van der Waals surface area contributed by atoms with Gasteiger partial charge in [0.1, 0.15) is 0 Å². The molecule has 1 aromatic carbocycles. The molecule has 0 aliphatic carbocycles. The van der Waals surface area contributed by atoms with Gasteiger partial charge in [0.15, 0.2) is 0 Å². The van der Waals surface area contributed by atoms with Gasteiger partial charge in [0.05, 0.1) is 0 Å².